The SMILES string of the molecule is C[C@@H](C(=O)Nc1ccc2[nH]c(=O)[nH]c2c1)N1CCCCCC1. The van der Waals surface area contributed by atoms with Crippen LogP contribution in [0.1, 0.15) is 32.6 Å². The molecule has 3 N–H and O–H groups in total. The number of nitrogens with one attached hydrogen (secondary N) is 3. The van der Waals surface area contributed by atoms with Gasteiger partial charge in [-0.2, -0.15) is 0 Å². The number of carbonyl (C=O) groups is 1. The van der Waals surface area contributed by atoms with Gasteiger partial charge in [-0.25, -0.2) is 4.79 Å². The van der Waals surface area contributed by atoms with Gasteiger partial charge in [-0.3, -0.25) is 9.69 Å². The molecule has 6 nitrogen and oxygen atoms in total. The Bertz CT molecular complexity index is 710. The second-order valence-electron chi connectivity index (χ2n) is 5.95. The van der Waals surface area contributed by atoms with Crippen LogP contribution in [0.2, 0.25) is 0 Å². The first-order valence-corrected chi connectivity index (χ1v) is 7.90. The van der Waals surface area contributed by atoms with Crippen molar-refractivity contribution in [1.29, 1.82) is 0 Å². The molecule has 0 unspecified atom stereocenters. The monoisotopic (exact) mass is 302 g/mol. The number of amides is 1. The molecule has 0 saturated carbocycles. The number of likely N-dealkylation sites (tertiary alicyclic amines) is 1. The average molecular weight is 302 g/mol. The molecule has 1 aromatic carbocycles. The van der Waals surface area contributed by atoms with Gasteiger partial charge in [-0.05, 0) is 51.1 Å². The lowest BCUT2D eigenvalue weighted by atomic mass is 10.2. The van der Waals surface area contributed by atoms with Crippen molar-refractivity contribution in [2.75, 3.05) is 18.4 Å². The lowest BCUT2D eigenvalue weighted by Crippen LogP contribution is -2.42. The van der Waals surface area contributed by atoms with Gasteiger partial charge in [0.15, 0.2) is 0 Å². The van der Waals surface area contributed by atoms with Crippen molar-refractivity contribution in [2.24, 2.45) is 0 Å². The van der Waals surface area contributed by atoms with Crippen molar-refractivity contribution >= 4 is 22.6 Å². The van der Waals surface area contributed by atoms with Crippen LogP contribution in [0.5, 0.6) is 0 Å². The summed E-state index contributed by atoms with van der Waals surface area (Å²) in [5, 5.41) is 2.94. The van der Waals surface area contributed by atoms with E-state index in [0.29, 0.717) is 11.2 Å². The molecule has 2 aromatic rings. The Morgan fingerprint density at radius 3 is 2.55 bits per heavy atom. The molecule has 1 saturated heterocycles. The first kappa shape index (κ1) is 14.8. The maximum Gasteiger partial charge on any atom is 0.323 e. The highest BCUT2D eigenvalue weighted by Crippen LogP contribution is 2.17. The second kappa shape index (κ2) is 6.36. The molecule has 1 fully saturated rings. The molecule has 1 amide bonds. The Hall–Kier alpha value is -2.08. The summed E-state index contributed by atoms with van der Waals surface area (Å²) in [7, 11) is 0. The topological polar surface area (TPSA) is 81.0 Å². The zero-order chi connectivity index (χ0) is 15.5. The minimum Gasteiger partial charge on any atom is -0.325 e. The summed E-state index contributed by atoms with van der Waals surface area (Å²) in [4.78, 5) is 31.3. The van der Waals surface area contributed by atoms with Crippen molar-refractivity contribution in [3.05, 3.63) is 28.7 Å². The van der Waals surface area contributed by atoms with Crippen LogP contribution in [-0.2, 0) is 4.79 Å². The molecule has 1 aromatic heterocycles. The molecule has 0 aliphatic carbocycles. The lowest BCUT2D eigenvalue weighted by Gasteiger charge is -2.26. The number of benzene rings is 1. The van der Waals surface area contributed by atoms with Gasteiger partial charge in [-0.15, -0.1) is 0 Å². The number of nitrogens with zero attached hydrogens (tertiary/aromatic N) is 1. The number of hydrogen-bond acceptors (Lipinski definition) is 3. The van der Waals surface area contributed by atoms with Crippen LogP contribution in [0, 0.1) is 0 Å². The molecule has 22 heavy (non-hydrogen) atoms. The van der Waals surface area contributed by atoms with E-state index in [1.807, 2.05) is 6.92 Å². The zero-order valence-corrected chi connectivity index (χ0v) is 12.8. The lowest BCUT2D eigenvalue weighted by molar-refractivity contribution is -0.120. The summed E-state index contributed by atoms with van der Waals surface area (Å²) in [5.74, 6) is -0.000803. The fraction of sp³-hybridized carbons (Fsp3) is 0.500. The third-order valence-electron chi connectivity index (χ3n) is 4.35. The number of H-pyrrole nitrogens is 2. The molecule has 1 atom stereocenters. The first-order valence-electron chi connectivity index (χ1n) is 7.90. The summed E-state index contributed by atoms with van der Waals surface area (Å²) >= 11 is 0. The molecule has 1 aliphatic heterocycles. The normalized spacial score (nSPS) is 18.0. The molecule has 3 rings (SSSR count). The van der Waals surface area contributed by atoms with E-state index in [4.69, 9.17) is 0 Å². The van der Waals surface area contributed by atoms with Crippen LogP contribution in [0.4, 0.5) is 5.69 Å². The summed E-state index contributed by atoms with van der Waals surface area (Å²) in [5.41, 5.74) is 1.90. The van der Waals surface area contributed by atoms with Gasteiger partial charge in [0, 0.05) is 5.69 Å². The van der Waals surface area contributed by atoms with Gasteiger partial charge in [-0.1, -0.05) is 12.8 Å². The van der Waals surface area contributed by atoms with Crippen LogP contribution in [0.3, 0.4) is 0 Å². The van der Waals surface area contributed by atoms with Gasteiger partial charge in [0.2, 0.25) is 5.91 Å². The minimum absolute atomic E-state index is 0.000803. The Kier molecular flexibility index (Phi) is 4.29. The largest absolute Gasteiger partial charge is 0.325 e. The second-order valence-corrected chi connectivity index (χ2v) is 5.95. The number of hydrogen-bond donors (Lipinski definition) is 3. The van der Waals surface area contributed by atoms with Gasteiger partial charge in [0.05, 0.1) is 17.1 Å². The van der Waals surface area contributed by atoms with Crippen LogP contribution in [0.25, 0.3) is 11.0 Å². The summed E-state index contributed by atoms with van der Waals surface area (Å²) < 4.78 is 0. The zero-order valence-electron chi connectivity index (χ0n) is 12.8. The predicted molar refractivity (Wildman–Crippen MR) is 87.1 cm³/mol. The van der Waals surface area contributed by atoms with E-state index in [9.17, 15) is 9.59 Å². The van der Waals surface area contributed by atoms with E-state index in [2.05, 4.69) is 20.2 Å². The van der Waals surface area contributed by atoms with Gasteiger partial charge >= 0.3 is 5.69 Å². The Labute approximate surface area is 128 Å². The number of fused-ring (bicyclic) bond motifs is 1. The number of anilines is 1. The summed E-state index contributed by atoms with van der Waals surface area (Å²) in [6.07, 6.45) is 4.83. The molecule has 118 valence electrons. The maximum atomic E-state index is 12.4. The van der Waals surface area contributed by atoms with Crippen LogP contribution in [-0.4, -0.2) is 39.9 Å². The fourth-order valence-corrected chi connectivity index (χ4v) is 3.01. The van der Waals surface area contributed by atoms with Gasteiger partial charge in [0.1, 0.15) is 0 Å². The van der Waals surface area contributed by atoms with E-state index in [-0.39, 0.29) is 17.6 Å². The van der Waals surface area contributed by atoms with Gasteiger partial charge in [0.25, 0.3) is 0 Å². The minimum atomic E-state index is -0.239. The number of aromatic nitrogens is 2. The van der Waals surface area contributed by atoms with E-state index >= 15 is 0 Å². The quantitative estimate of drug-likeness (QED) is 0.812. The number of rotatable bonds is 3. The van der Waals surface area contributed by atoms with Crippen molar-refractivity contribution in [3.8, 4) is 0 Å². The molecule has 2 heterocycles. The fourth-order valence-electron chi connectivity index (χ4n) is 3.01. The molecule has 1 aliphatic rings. The summed E-state index contributed by atoms with van der Waals surface area (Å²) in [6, 6.07) is 5.23. The third-order valence-corrected chi connectivity index (χ3v) is 4.35. The Morgan fingerprint density at radius 1 is 1.14 bits per heavy atom. The predicted octanol–water partition coefficient (Wildman–Crippen LogP) is 2.06. The van der Waals surface area contributed by atoms with E-state index in [0.717, 1.165) is 31.4 Å². The van der Waals surface area contributed by atoms with Crippen LogP contribution < -0.4 is 11.0 Å². The highest BCUT2D eigenvalue weighted by atomic mass is 16.2. The standard InChI is InChI=1S/C16H22N4O2/c1-11(20-8-4-2-3-5-9-20)15(21)17-12-6-7-13-14(10-12)19-16(22)18-13/h6-7,10-11H,2-5,8-9H2,1H3,(H,17,21)(H2,18,19,22)/t11-/m0/s1. The Morgan fingerprint density at radius 2 is 1.82 bits per heavy atom. The first-order chi connectivity index (χ1) is 10.6. The number of carbonyl (C=O) groups excluding carboxylic acids is 1. The van der Waals surface area contributed by atoms with Crippen molar-refractivity contribution < 1.29 is 4.79 Å². The smallest absolute Gasteiger partial charge is 0.323 e. The third kappa shape index (κ3) is 3.22. The van der Waals surface area contributed by atoms with E-state index < -0.39 is 0 Å². The Balaban J connectivity index is 1.69. The highest BCUT2D eigenvalue weighted by Gasteiger charge is 2.22. The molecule has 0 bridgehead atoms. The van der Waals surface area contributed by atoms with E-state index in [1.165, 1.54) is 12.8 Å². The molecule has 6 heteroatoms. The van der Waals surface area contributed by atoms with Crippen LogP contribution in [0.15, 0.2) is 23.0 Å². The summed E-state index contributed by atoms with van der Waals surface area (Å²) in [6.45, 7) is 3.93. The highest BCUT2D eigenvalue weighted by molar-refractivity contribution is 5.96. The number of imidazole rings is 1. The van der Waals surface area contributed by atoms with Gasteiger partial charge < -0.3 is 15.3 Å². The van der Waals surface area contributed by atoms with Crippen molar-refractivity contribution in [1.82, 2.24) is 14.9 Å². The van der Waals surface area contributed by atoms with Crippen molar-refractivity contribution in [3.63, 3.8) is 0 Å². The van der Waals surface area contributed by atoms with Crippen LogP contribution >= 0.6 is 0 Å². The molecular formula is C16H22N4O2. The average Bonchev–Trinajstić information content (AvgIpc) is 2.71. The maximum absolute atomic E-state index is 12.4. The molecule has 0 spiro atoms. The molecule has 0 radical (unpaired) electrons. The molecular weight excluding hydrogens is 280 g/mol. The van der Waals surface area contributed by atoms with Crippen molar-refractivity contribution in [2.45, 2.75) is 38.6 Å². The van der Waals surface area contributed by atoms with E-state index in [1.54, 1.807) is 18.2 Å². The number of aromatic amines is 2.